The van der Waals surface area contributed by atoms with Crippen LogP contribution in [0.5, 0.6) is 5.75 Å². The summed E-state index contributed by atoms with van der Waals surface area (Å²) in [5.41, 5.74) is 2.36. The van der Waals surface area contributed by atoms with Crippen LogP contribution in [0.4, 0.5) is 5.69 Å². The molecule has 4 heteroatoms. The molecule has 0 spiro atoms. The molecule has 0 fully saturated rings. The van der Waals surface area contributed by atoms with Gasteiger partial charge in [-0.2, -0.15) is 0 Å². The number of aryl methyl sites for hydroxylation is 1. The van der Waals surface area contributed by atoms with Gasteiger partial charge >= 0.3 is 5.97 Å². The number of anilines is 1. The zero-order valence-electron chi connectivity index (χ0n) is 12.3. The van der Waals surface area contributed by atoms with Crippen LogP contribution in [-0.2, 0) is 16.0 Å². The van der Waals surface area contributed by atoms with Crippen LogP contribution in [0.2, 0.25) is 0 Å². The summed E-state index contributed by atoms with van der Waals surface area (Å²) in [4.78, 5) is 11.0. The highest BCUT2D eigenvalue weighted by molar-refractivity contribution is 5.69. The Kier molecular flexibility index (Phi) is 5.27. The van der Waals surface area contributed by atoms with Gasteiger partial charge in [0.05, 0.1) is 19.3 Å². The van der Waals surface area contributed by atoms with E-state index in [9.17, 15) is 4.79 Å². The van der Waals surface area contributed by atoms with E-state index in [0.717, 1.165) is 43.7 Å². The first kappa shape index (κ1) is 14.7. The van der Waals surface area contributed by atoms with E-state index < -0.39 is 0 Å². The Morgan fingerprint density at radius 2 is 2.30 bits per heavy atom. The number of hydrogen-bond donors (Lipinski definition) is 1. The molecule has 1 unspecified atom stereocenters. The number of unbranched alkanes of at least 4 members (excludes halogenated alkanes) is 1. The van der Waals surface area contributed by atoms with Crippen molar-refractivity contribution < 1.29 is 14.3 Å². The van der Waals surface area contributed by atoms with Gasteiger partial charge in [0.15, 0.2) is 0 Å². The van der Waals surface area contributed by atoms with E-state index in [1.54, 1.807) is 0 Å². The van der Waals surface area contributed by atoms with Crippen molar-refractivity contribution in [2.75, 3.05) is 19.0 Å². The quantitative estimate of drug-likeness (QED) is 0.641. The van der Waals surface area contributed by atoms with Gasteiger partial charge in [0.1, 0.15) is 11.9 Å². The second kappa shape index (κ2) is 7.17. The second-order valence-corrected chi connectivity index (χ2v) is 5.14. The molecule has 20 heavy (non-hydrogen) atoms. The highest BCUT2D eigenvalue weighted by Crippen LogP contribution is 2.31. The zero-order valence-corrected chi connectivity index (χ0v) is 12.3. The third kappa shape index (κ3) is 3.89. The zero-order chi connectivity index (χ0) is 14.4. The van der Waals surface area contributed by atoms with Crippen LogP contribution in [0, 0.1) is 0 Å². The molecular formula is C16H23NO3. The van der Waals surface area contributed by atoms with Crippen LogP contribution in [0.15, 0.2) is 18.2 Å². The minimum absolute atomic E-state index is 0.129. The van der Waals surface area contributed by atoms with Gasteiger partial charge < -0.3 is 14.8 Å². The first-order chi connectivity index (χ1) is 9.72. The van der Waals surface area contributed by atoms with Gasteiger partial charge in [0.25, 0.3) is 0 Å². The van der Waals surface area contributed by atoms with Crippen molar-refractivity contribution in [3.63, 3.8) is 0 Å². The summed E-state index contributed by atoms with van der Waals surface area (Å²) in [6, 6.07) is 6.30. The molecule has 1 aliphatic heterocycles. The summed E-state index contributed by atoms with van der Waals surface area (Å²) in [7, 11) is 1.43. The molecule has 0 radical (unpaired) electrons. The predicted molar refractivity (Wildman–Crippen MR) is 79.2 cm³/mol. The van der Waals surface area contributed by atoms with Gasteiger partial charge in [-0.15, -0.1) is 0 Å². The van der Waals surface area contributed by atoms with Crippen molar-refractivity contribution in [3.8, 4) is 5.75 Å². The highest BCUT2D eigenvalue weighted by atomic mass is 16.5. The van der Waals surface area contributed by atoms with E-state index in [1.807, 2.05) is 6.07 Å². The van der Waals surface area contributed by atoms with Gasteiger partial charge in [0, 0.05) is 6.42 Å². The number of carbonyl (C=O) groups excluding carboxylic acids is 1. The normalized spacial score (nSPS) is 16.8. The molecule has 1 aromatic rings. The molecule has 1 aromatic carbocycles. The molecule has 0 aromatic heterocycles. The Morgan fingerprint density at radius 1 is 1.45 bits per heavy atom. The number of hydrogen-bond acceptors (Lipinski definition) is 4. The van der Waals surface area contributed by atoms with Crippen LogP contribution < -0.4 is 10.1 Å². The van der Waals surface area contributed by atoms with Crippen LogP contribution in [0.3, 0.4) is 0 Å². The SMILES string of the molecule is CCC1CNc2cc(CCCCC(=O)OC)ccc2O1. The predicted octanol–water partition coefficient (Wildman–Crippen LogP) is 3.16. The lowest BCUT2D eigenvalue weighted by atomic mass is 10.0. The van der Waals surface area contributed by atoms with Gasteiger partial charge in [0.2, 0.25) is 0 Å². The maximum Gasteiger partial charge on any atom is 0.305 e. The lowest BCUT2D eigenvalue weighted by Gasteiger charge is -2.27. The molecule has 2 rings (SSSR count). The average molecular weight is 277 g/mol. The maximum absolute atomic E-state index is 11.0. The molecule has 4 nitrogen and oxygen atoms in total. The lowest BCUT2D eigenvalue weighted by Crippen LogP contribution is -2.29. The molecule has 1 atom stereocenters. The van der Waals surface area contributed by atoms with E-state index in [1.165, 1.54) is 12.7 Å². The van der Waals surface area contributed by atoms with E-state index >= 15 is 0 Å². The molecular weight excluding hydrogens is 254 g/mol. The Labute approximate surface area is 120 Å². The lowest BCUT2D eigenvalue weighted by molar-refractivity contribution is -0.140. The molecule has 1 heterocycles. The molecule has 0 amide bonds. The van der Waals surface area contributed by atoms with Crippen LogP contribution in [-0.4, -0.2) is 25.7 Å². The Morgan fingerprint density at radius 3 is 3.05 bits per heavy atom. The van der Waals surface area contributed by atoms with Crippen LogP contribution in [0.1, 0.15) is 38.2 Å². The minimum Gasteiger partial charge on any atom is -0.486 e. The Balaban J connectivity index is 1.84. The molecule has 0 saturated carbocycles. The summed E-state index contributed by atoms with van der Waals surface area (Å²) in [6.07, 6.45) is 4.62. The van der Waals surface area contributed by atoms with Gasteiger partial charge in [-0.05, 0) is 43.4 Å². The van der Waals surface area contributed by atoms with Crippen molar-refractivity contribution >= 4 is 11.7 Å². The Hall–Kier alpha value is -1.71. The topological polar surface area (TPSA) is 47.6 Å². The first-order valence-corrected chi connectivity index (χ1v) is 7.33. The third-order valence-electron chi connectivity index (χ3n) is 3.64. The fraction of sp³-hybridized carbons (Fsp3) is 0.562. The largest absolute Gasteiger partial charge is 0.486 e. The summed E-state index contributed by atoms with van der Waals surface area (Å²) in [6.45, 7) is 3.00. The fourth-order valence-corrected chi connectivity index (χ4v) is 2.35. The third-order valence-corrected chi connectivity index (χ3v) is 3.64. The number of rotatable bonds is 6. The maximum atomic E-state index is 11.0. The molecule has 0 bridgehead atoms. The molecule has 0 saturated heterocycles. The molecule has 0 aliphatic carbocycles. The number of fused-ring (bicyclic) bond motifs is 1. The fourth-order valence-electron chi connectivity index (χ4n) is 2.35. The number of ether oxygens (including phenoxy) is 2. The van der Waals surface area contributed by atoms with E-state index in [0.29, 0.717) is 6.42 Å². The second-order valence-electron chi connectivity index (χ2n) is 5.14. The summed E-state index contributed by atoms with van der Waals surface area (Å²) in [5.74, 6) is 0.817. The smallest absolute Gasteiger partial charge is 0.305 e. The molecule has 1 aliphatic rings. The van der Waals surface area contributed by atoms with Crippen molar-refractivity contribution in [1.82, 2.24) is 0 Å². The van der Waals surface area contributed by atoms with Crippen LogP contribution in [0.25, 0.3) is 0 Å². The standard InChI is InChI=1S/C16H23NO3/c1-3-13-11-17-14-10-12(8-9-15(14)20-13)6-4-5-7-16(18)19-2/h8-10,13,17H,3-7,11H2,1-2H3. The van der Waals surface area contributed by atoms with Crippen molar-refractivity contribution in [1.29, 1.82) is 0 Å². The molecule has 1 N–H and O–H groups in total. The number of methoxy groups -OCH3 is 1. The first-order valence-electron chi connectivity index (χ1n) is 7.33. The summed E-state index contributed by atoms with van der Waals surface area (Å²) in [5, 5.41) is 3.42. The van der Waals surface area contributed by atoms with Gasteiger partial charge in [-0.3, -0.25) is 4.79 Å². The van der Waals surface area contributed by atoms with Crippen LogP contribution >= 0.6 is 0 Å². The van der Waals surface area contributed by atoms with Gasteiger partial charge in [-0.1, -0.05) is 13.0 Å². The number of carbonyl (C=O) groups is 1. The monoisotopic (exact) mass is 277 g/mol. The van der Waals surface area contributed by atoms with E-state index in [2.05, 4.69) is 29.1 Å². The number of benzene rings is 1. The van der Waals surface area contributed by atoms with Gasteiger partial charge in [-0.25, -0.2) is 0 Å². The Bertz CT molecular complexity index is 459. The number of esters is 1. The number of nitrogens with one attached hydrogen (secondary N) is 1. The van der Waals surface area contributed by atoms with Crippen molar-refractivity contribution in [2.45, 2.75) is 45.1 Å². The summed E-state index contributed by atoms with van der Waals surface area (Å²) < 4.78 is 10.5. The minimum atomic E-state index is -0.129. The van der Waals surface area contributed by atoms with E-state index in [-0.39, 0.29) is 12.1 Å². The van der Waals surface area contributed by atoms with E-state index in [4.69, 9.17) is 4.74 Å². The van der Waals surface area contributed by atoms with Crippen molar-refractivity contribution in [2.24, 2.45) is 0 Å². The molecule has 110 valence electrons. The summed E-state index contributed by atoms with van der Waals surface area (Å²) >= 11 is 0. The van der Waals surface area contributed by atoms with Crippen molar-refractivity contribution in [3.05, 3.63) is 23.8 Å². The highest BCUT2D eigenvalue weighted by Gasteiger charge is 2.17. The average Bonchev–Trinajstić information content (AvgIpc) is 2.50.